The second-order valence-corrected chi connectivity index (χ2v) is 6.69. The molecular weight excluding hydrogens is 358 g/mol. The average molecular weight is 373 g/mol. The fourth-order valence-corrected chi connectivity index (χ4v) is 3.45. The highest BCUT2D eigenvalue weighted by atomic mass is 79.9. The molecule has 0 aliphatic rings. The molecule has 0 aliphatic heterocycles. The van der Waals surface area contributed by atoms with Crippen molar-refractivity contribution in [2.45, 2.75) is 19.0 Å². The molecule has 2 N–H and O–H groups in total. The quantitative estimate of drug-likeness (QED) is 0.773. The first-order valence-corrected chi connectivity index (χ1v) is 7.34. The minimum Gasteiger partial charge on any atom is -0.396 e. The first-order chi connectivity index (χ1) is 7.67. The average Bonchev–Trinajstić information content (AvgIpc) is 2.56. The van der Waals surface area contributed by atoms with Crippen molar-refractivity contribution >= 4 is 43.2 Å². The Balaban J connectivity index is 2.41. The largest absolute Gasteiger partial charge is 0.396 e. The second-order valence-electron chi connectivity index (χ2n) is 3.38. The Morgan fingerprint density at radius 2 is 2.31 bits per heavy atom. The highest BCUT2D eigenvalue weighted by molar-refractivity contribution is 9.13. The van der Waals surface area contributed by atoms with E-state index in [9.17, 15) is 0 Å². The molecular formula is C10H15Br2NO2S. The van der Waals surface area contributed by atoms with Crippen molar-refractivity contribution in [3.05, 3.63) is 19.2 Å². The number of halogens is 2. The number of aliphatic hydroxyl groups is 1. The van der Waals surface area contributed by atoms with E-state index in [1.807, 2.05) is 0 Å². The number of hydrogen-bond donors (Lipinski definition) is 2. The van der Waals surface area contributed by atoms with Gasteiger partial charge in [-0.2, -0.15) is 0 Å². The molecule has 1 unspecified atom stereocenters. The van der Waals surface area contributed by atoms with Crippen molar-refractivity contribution in [1.29, 1.82) is 0 Å². The van der Waals surface area contributed by atoms with E-state index in [1.165, 1.54) is 4.88 Å². The lowest BCUT2D eigenvalue weighted by Crippen LogP contribution is -2.33. The van der Waals surface area contributed by atoms with Crippen LogP contribution in [0.2, 0.25) is 0 Å². The fourth-order valence-electron chi connectivity index (χ4n) is 1.32. The summed E-state index contributed by atoms with van der Waals surface area (Å²) >= 11 is 8.62. The van der Waals surface area contributed by atoms with E-state index in [0.29, 0.717) is 13.0 Å². The van der Waals surface area contributed by atoms with Gasteiger partial charge < -0.3 is 15.2 Å². The molecule has 16 heavy (non-hydrogen) atoms. The summed E-state index contributed by atoms with van der Waals surface area (Å²) in [6.07, 6.45) is 0.710. The van der Waals surface area contributed by atoms with Crippen LogP contribution in [0, 0.1) is 0 Å². The van der Waals surface area contributed by atoms with Gasteiger partial charge in [0.25, 0.3) is 0 Å². The molecule has 1 heterocycles. The molecule has 1 aromatic heterocycles. The molecule has 0 saturated heterocycles. The van der Waals surface area contributed by atoms with Crippen molar-refractivity contribution in [2.75, 3.05) is 20.3 Å². The second kappa shape index (κ2) is 7.79. The van der Waals surface area contributed by atoms with E-state index in [-0.39, 0.29) is 12.6 Å². The van der Waals surface area contributed by atoms with Crippen molar-refractivity contribution < 1.29 is 9.84 Å². The maximum atomic E-state index is 8.90. The zero-order chi connectivity index (χ0) is 12.0. The van der Waals surface area contributed by atoms with Crippen molar-refractivity contribution in [3.63, 3.8) is 0 Å². The third-order valence-corrected chi connectivity index (χ3v) is 5.36. The van der Waals surface area contributed by atoms with Gasteiger partial charge in [0.1, 0.15) is 0 Å². The predicted molar refractivity (Wildman–Crippen MR) is 73.9 cm³/mol. The lowest BCUT2D eigenvalue weighted by atomic mass is 10.2. The van der Waals surface area contributed by atoms with Gasteiger partial charge in [0.15, 0.2) is 0 Å². The molecule has 0 aromatic carbocycles. The molecule has 0 radical (unpaired) electrons. The molecule has 0 spiro atoms. The van der Waals surface area contributed by atoms with Gasteiger partial charge in [-0.05, 0) is 44.3 Å². The van der Waals surface area contributed by atoms with Crippen LogP contribution in [0.3, 0.4) is 0 Å². The van der Waals surface area contributed by atoms with Gasteiger partial charge in [0, 0.05) is 35.7 Å². The van der Waals surface area contributed by atoms with Gasteiger partial charge in [-0.25, -0.2) is 0 Å². The van der Waals surface area contributed by atoms with Crippen LogP contribution in [0.1, 0.15) is 11.3 Å². The molecule has 0 amide bonds. The Hall–Kier alpha value is 0.540. The summed E-state index contributed by atoms with van der Waals surface area (Å²) in [5.41, 5.74) is 0. The Kier molecular flexibility index (Phi) is 7.11. The van der Waals surface area contributed by atoms with Crippen LogP contribution in [-0.4, -0.2) is 31.5 Å². The molecule has 0 bridgehead atoms. The third-order valence-electron chi connectivity index (χ3n) is 2.11. The van der Waals surface area contributed by atoms with E-state index in [2.05, 4.69) is 43.2 Å². The van der Waals surface area contributed by atoms with Crippen molar-refractivity contribution in [1.82, 2.24) is 5.32 Å². The first-order valence-electron chi connectivity index (χ1n) is 4.94. The summed E-state index contributed by atoms with van der Waals surface area (Å²) < 4.78 is 7.27. The summed E-state index contributed by atoms with van der Waals surface area (Å²) in [6.45, 7) is 1.59. The van der Waals surface area contributed by atoms with E-state index >= 15 is 0 Å². The summed E-state index contributed by atoms with van der Waals surface area (Å²) in [4.78, 5) is 1.25. The number of rotatable bonds is 7. The summed E-state index contributed by atoms with van der Waals surface area (Å²) in [5.74, 6) is 0. The molecule has 1 aromatic rings. The van der Waals surface area contributed by atoms with Crippen LogP contribution < -0.4 is 5.32 Å². The minimum atomic E-state index is 0.179. The van der Waals surface area contributed by atoms with Gasteiger partial charge in [-0.1, -0.05) is 0 Å². The Labute approximate surface area is 116 Å². The smallest absolute Gasteiger partial charge is 0.0843 e. The predicted octanol–water partition coefficient (Wildman–Crippen LogP) is 2.76. The molecule has 0 saturated carbocycles. The van der Waals surface area contributed by atoms with Gasteiger partial charge in [-0.15, -0.1) is 11.3 Å². The summed E-state index contributed by atoms with van der Waals surface area (Å²) in [5, 5.41) is 12.3. The number of thiophene rings is 1. The number of hydrogen-bond acceptors (Lipinski definition) is 4. The zero-order valence-electron chi connectivity index (χ0n) is 9.00. The lowest BCUT2D eigenvalue weighted by Gasteiger charge is -2.15. The molecule has 1 atom stereocenters. The van der Waals surface area contributed by atoms with E-state index < -0.39 is 0 Å². The Morgan fingerprint density at radius 1 is 1.56 bits per heavy atom. The molecule has 0 aliphatic carbocycles. The zero-order valence-corrected chi connectivity index (χ0v) is 13.0. The highest BCUT2D eigenvalue weighted by Crippen LogP contribution is 2.32. The molecule has 1 rings (SSSR count). The van der Waals surface area contributed by atoms with Crippen LogP contribution in [0.15, 0.2) is 14.3 Å². The molecule has 0 fully saturated rings. The maximum absolute atomic E-state index is 8.90. The van der Waals surface area contributed by atoms with Crippen molar-refractivity contribution in [3.8, 4) is 0 Å². The lowest BCUT2D eigenvalue weighted by molar-refractivity contribution is 0.148. The molecule has 92 valence electrons. The fraction of sp³-hybridized carbons (Fsp3) is 0.600. The summed E-state index contributed by atoms with van der Waals surface area (Å²) in [7, 11) is 1.67. The Morgan fingerprint density at radius 3 is 2.81 bits per heavy atom. The molecule has 3 nitrogen and oxygen atoms in total. The van der Waals surface area contributed by atoms with Crippen LogP contribution in [0.4, 0.5) is 0 Å². The number of aliphatic hydroxyl groups excluding tert-OH is 1. The van der Waals surface area contributed by atoms with Crippen LogP contribution in [0.25, 0.3) is 0 Å². The normalized spacial score (nSPS) is 13.0. The maximum Gasteiger partial charge on any atom is 0.0843 e. The van der Waals surface area contributed by atoms with E-state index in [1.54, 1.807) is 18.4 Å². The van der Waals surface area contributed by atoms with Crippen molar-refractivity contribution in [2.24, 2.45) is 0 Å². The third kappa shape index (κ3) is 4.81. The van der Waals surface area contributed by atoms with Crippen LogP contribution >= 0.6 is 43.2 Å². The monoisotopic (exact) mass is 371 g/mol. The number of ether oxygens (including phenoxy) is 1. The Bertz CT molecular complexity index is 294. The topological polar surface area (TPSA) is 41.5 Å². The van der Waals surface area contributed by atoms with E-state index in [0.717, 1.165) is 14.8 Å². The van der Waals surface area contributed by atoms with Gasteiger partial charge in [0.2, 0.25) is 0 Å². The SMILES string of the molecule is COCC(CCO)NCc1cc(Br)c(Br)s1. The minimum absolute atomic E-state index is 0.179. The van der Waals surface area contributed by atoms with Gasteiger partial charge in [0.05, 0.1) is 10.4 Å². The highest BCUT2D eigenvalue weighted by Gasteiger charge is 2.09. The van der Waals surface area contributed by atoms with Crippen LogP contribution in [-0.2, 0) is 11.3 Å². The summed E-state index contributed by atoms with van der Waals surface area (Å²) in [6, 6.07) is 2.29. The van der Waals surface area contributed by atoms with Gasteiger partial charge >= 0.3 is 0 Å². The van der Waals surface area contributed by atoms with Gasteiger partial charge in [-0.3, -0.25) is 0 Å². The first kappa shape index (κ1) is 14.6. The standard InChI is InChI=1S/C10H15Br2NO2S/c1-15-6-7(2-3-14)13-5-8-4-9(11)10(12)16-8/h4,7,13-14H,2-3,5-6H2,1H3. The number of methoxy groups -OCH3 is 1. The van der Waals surface area contributed by atoms with E-state index in [4.69, 9.17) is 9.84 Å². The molecule has 6 heteroatoms. The number of nitrogens with one attached hydrogen (secondary N) is 1. The van der Waals surface area contributed by atoms with Crippen LogP contribution in [0.5, 0.6) is 0 Å².